The molecule has 0 saturated heterocycles. The van der Waals surface area contributed by atoms with Gasteiger partial charge in [0.25, 0.3) is 0 Å². The first-order valence-corrected chi connectivity index (χ1v) is 9.25. The van der Waals surface area contributed by atoms with Crippen molar-refractivity contribution in [2.75, 3.05) is 0 Å². The third-order valence-corrected chi connectivity index (χ3v) is 4.83. The van der Waals surface area contributed by atoms with E-state index in [1.54, 1.807) is 0 Å². The van der Waals surface area contributed by atoms with Crippen LogP contribution in [0, 0.1) is 0 Å². The Kier molecular flexibility index (Phi) is 4.27. The second-order valence-electron chi connectivity index (χ2n) is 7.93. The van der Waals surface area contributed by atoms with Crippen molar-refractivity contribution in [1.82, 2.24) is 10.3 Å². The Bertz CT molecular complexity index is 1010. The standard InChI is InChI=1S/C23H24N2O2/c1-23(2,3)27-22(26)25-21-16-9-5-4-8-15(16)12-13-18(21)19-14-24-20-11-7-6-10-17(19)20/h4-14,18,21,24H,1-3H3,(H,25,26)/t18-,21+/m1/s1. The highest BCUT2D eigenvalue weighted by atomic mass is 16.6. The van der Waals surface area contributed by atoms with E-state index in [0.29, 0.717) is 0 Å². The van der Waals surface area contributed by atoms with Crippen LogP contribution in [0.1, 0.15) is 49.4 Å². The molecule has 0 radical (unpaired) electrons. The van der Waals surface area contributed by atoms with Crippen LogP contribution in [0.3, 0.4) is 0 Å². The summed E-state index contributed by atoms with van der Waals surface area (Å²) in [6.45, 7) is 5.62. The van der Waals surface area contributed by atoms with Crippen LogP contribution in [0.5, 0.6) is 0 Å². The molecule has 1 aliphatic rings. The van der Waals surface area contributed by atoms with E-state index in [9.17, 15) is 4.79 Å². The zero-order chi connectivity index (χ0) is 19.0. The molecule has 4 rings (SSSR count). The smallest absolute Gasteiger partial charge is 0.408 e. The molecule has 0 fully saturated rings. The molecule has 4 nitrogen and oxygen atoms in total. The minimum absolute atomic E-state index is 0.0172. The van der Waals surface area contributed by atoms with Crippen LogP contribution in [0.15, 0.2) is 60.8 Å². The van der Waals surface area contributed by atoms with Gasteiger partial charge in [-0.25, -0.2) is 4.79 Å². The maximum atomic E-state index is 12.6. The molecule has 138 valence electrons. The molecular formula is C23H24N2O2. The van der Waals surface area contributed by atoms with Crippen LogP contribution >= 0.6 is 0 Å². The summed E-state index contributed by atoms with van der Waals surface area (Å²) in [6.07, 6.45) is 5.94. The number of aromatic amines is 1. The summed E-state index contributed by atoms with van der Waals surface area (Å²) in [5, 5.41) is 4.28. The summed E-state index contributed by atoms with van der Waals surface area (Å²) >= 11 is 0. The van der Waals surface area contributed by atoms with Gasteiger partial charge >= 0.3 is 6.09 Å². The molecule has 2 atom stereocenters. The van der Waals surface area contributed by atoms with Gasteiger partial charge in [0.1, 0.15) is 5.60 Å². The molecule has 0 unspecified atom stereocenters. The highest BCUT2D eigenvalue weighted by Crippen LogP contribution is 2.41. The van der Waals surface area contributed by atoms with Gasteiger partial charge < -0.3 is 15.0 Å². The van der Waals surface area contributed by atoms with Gasteiger partial charge in [0.05, 0.1) is 6.04 Å². The highest BCUT2D eigenvalue weighted by Gasteiger charge is 2.31. The van der Waals surface area contributed by atoms with Crippen LogP contribution in [0.4, 0.5) is 4.79 Å². The summed E-state index contributed by atoms with van der Waals surface area (Å²) < 4.78 is 5.53. The Morgan fingerprint density at radius 3 is 2.59 bits per heavy atom. The number of hydrogen-bond donors (Lipinski definition) is 2. The van der Waals surface area contributed by atoms with E-state index >= 15 is 0 Å². The first-order valence-electron chi connectivity index (χ1n) is 9.25. The molecule has 1 amide bonds. The molecule has 0 spiro atoms. The number of para-hydroxylation sites is 1. The van der Waals surface area contributed by atoms with Crippen LogP contribution in [0.2, 0.25) is 0 Å². The van der Waals surface area contributed by atoms with Gasteiger partial charge in [0.15, 0.2) is 0 Å². The average Bonchev–Trinajstić information content (AvgIpc) is 3.04. The lowest BCUT2D eigenvalue weighted by molar-refractivity contribution is 0.0499. The fraction of sp³-hybridized carbons (Fsp3) is 0.261. The molecule has 27 heavy (non-hydrogen) atoms. The Labute approximate surface area is 159 Å². The predicted octanol–water partition coefficient (Wildman–Crippen LogP) is 5.54. The van der Waals surface area contributed by atoms with Crippen molar-refractivity contribution in [3.63, 3.8) is 0 Å². The minimum atomic E-state index is -0.537. The number of ether oxygens (including phenoxy) is 1. The van der Waals surface area contributed by atoms with Gasteiger partial charge in [0, 0.05) is 23.0 Å². The summed E-state index contributed by atoms with van der Waals surface area (Å²) in [4.78, 5) is 15.9. The fourth-order valence-electron chi connectivity index (χ4n) is 3.71. The number of carbonyl (C=O) groups is 1. The normalized spacial score (nSPS) is 18.9. The molecule has 2 aromatic carbocycles. The molecule has 0 aliphatic heterocycles. The third kappa shape index (κ3) is 3.47. The lowest BCUT2D eigenvalue weighted by atomic mass is 9.80. The molecule has 1 aliphatic carbocycles. The van der Waals surface area contributed by atoms with E-state index in [-0.39, 0.29) is 12.0 Å². The Morgan fingerprint density at radius 2 is 1.78 bits per heavy atom. The number of carbonyl (C=O) groups excluding carboxylic acids is 1. The van der Waals surface area contributed by atoms with E-state index in [2.05, 4.69) is 46.7 Å². The van der Waals surface area contributed by atoms with Crippen LogP contribution in [-0.4, -0.2) is 16.7 Å². The van der Waals surface area contributed by atoms with Crippen molar-refractivity contribution in [2.45, 2.75) is 38.3 Å². The Balaban J connectivity index is 1.74. The maximum Gasteiger partial charge on any atom is 0.408 e. The lowest BCUT2D eigenvalue weighted by Gasteiger charge is -2.31. The largest absolute Gasteiger partial charge is 0.444 e. The summed E-state index contributed by atoms with van der Waals surface area (Å²) in [5.41, 5.74) is 3.94. The van der Waals surface area contributed by atoms with Crippen molar-refractivity contribution in [1.29, 1.82) is 0 Å². The highest BCUT2D eigenvalue weighted by molar-refractivity contribution is 5.85. The fourth-order valence-corrected chi connectivity index (χ4v) is 3.71. The quantitative estimate of drug-likeness (QED) is 0.630. The molecule has 3 aromatic rings. The minimum Gasteiger partial charge on any atom is -0.444 e. The monoisotopic (exact) mass is 360 g/mol. The molecule has 1 aromatic heterocycles. The van der Waals surface area contributed by atoms with Crippen molar-refractivity contribution >= 4 is 23.1 Å². The summed E-state index contributed by atoms with van der Waals surface area (Å²) in [5.74, 6) is 0.0172. The number of benzene rings is 2. The van der Waals surface area contributed by atoms with Crippen molar-refractivity contribution in [3.05, 3.63) is 77.5 Å². The third-order valence-electron chi connectivity index (χ3n) is 4.83. The number of fused-ring (bicyclic) bond motifs is 2. The number of H-pyrrole nitrogens is 1. The van der Waals surface area contributed by atoms with Crippen molar-refractivity contribution in [2.24, 2.45) is 0 Å². The molecule has 4 heteroatoms. The van der Waals surface area contributed by atoms with Gasteiger partial charge in [-0.05, 0) is 43.5 Å². The lowest BCUT2D eigenvalue weighted by Crippen LogP contribution is -2.37. The number of alkyl carbamates (subject to hydrolysis) is 1. The molecule has 0 saturated carbocycles. The first kappa shape index (κ1) is 17.4. The number of rotatable bonds is 2. The maximum absolute atomic E-state index is 12.6. The van der Waals surface area contributed by atoms with Gasteiger partial charge in [-0.1, -0.05) is 54.6 Å². The zero-order valence-corrected chi connectivity index (χ0v) is 15.8. The predicted molar refractivity (Wildman–Crippen MR) is 109 cm³/mol. The number of aromatic nitrogens is 1. The van der Waals surface area contributed by atoms with Crippen LogP contribution in [0.25, 0.3) is 17.0 Å². The number of amides is 1. The second-order valence-corrected chi connectivity index (χ2v) is 7.93. The zero-order valence-electron chi connectivity index (χ0n) is 15.8. The van der Waals surface area contributed by atoms with E-state index in [4.69, 9.17) is 4.74 Å². The van der Waals surface area contributed by atoms with E-state index in [1.165, 1.54) is 5.39 Å². The van der Waals surface area contributed by atoms with Crippen molar-refractivity contribution in [3.8, 4) is 0 Å². The van der Waals surface area contributed by atoms with Gasteiger partial charge in [-0.2, -0.15) is 0 Å². The molecule has 0 bridgehead atoms. The molecule has 2 N–H and O–H groups in total. The van der Waals surface area contributed by atoms with E-state index < -0.39 is 11.7 Å². The van der Waals surface area contributed by atoms with Crippen molar-refractivity contribution < 1.29 is 9.53 Å². The average molecular weight is 360 g/mol. The summed E-state index contributed by atoms with van der Waals surface area (Å²) in [6, 6.07) is 16.2. The van der Waals surface area contributed by atoms with E-state index in [1.807, 2.05) is 51.2 Å². The number of nitrogens with one attached hydrogen (secondary N) is 2. The number of hydrogen-bond acceptors (Lipinski definition) is 2. The van der Waals surface area contributed by atoms with Crippen LogP contribution < -0.4 is 5.32 Å². The van der Waals surface area contributed by atoms with Gasteiger partial charge in [0.2, 0.25) is 0 Å². The topological polar surface area (TPSA) is 54.1 Å². The SMILES string of the molecule is CC(C)(C)OC(=O)N[C@H]1c2ccccc2C=C[C@@H]1c1c[nH]c2ccccc12. The van der Waals surface area contributed by atoms with E-state index in [0.717, 1.165) is 22.2 Å². The van der Waals surface area contributed by atoms with Crippen LogP contribution in [-0.2, 0) is 4.74 Å². The summed E-state index contributed by atoms with van der Waals surface area (Å²) in [7, 11) is 0. The molecule has 1 heterocycles. The van der Waals surface area contributed by atoms with Gasteiger partial charge in [-0.15, -0.1) is 0 Å². The first-order chi connectivity index (χ1) is 12.9. The Hall–Kier alpha value is -3.01. The Morgan fingerprint density at radius 1 is 1.04 bits per heavy atom. The molecular weight excluding hydrogens is 336 g/mol. The second kappa shape index (κ2) is 6.62. The van der Waals surface area contributed by atoms with Gasteiger partial charge in [-0.3, -0.25) is 0 Å².